The third-order valence-electron chi connectivity index (χ3n) is 3.36. The summed E-state index contributed by atoms with van der Waals surface area (Å²) >= 11 is 0. The topological polar surface area (TPSA) is 70.5 Å². The van der Waals surface area contributed by atoms with Crippen LogP contribution in [0.25, 0.3) is 0 Å². The summed E-state index contributed by atoms with van der Waals surface area (Å²) in [6.45, 7) is 2.33. The Balaban J connectivity index is 2.24. The van der Waals surface area contributed by atoms with Crippen molar-refractivity contribution >= 4 is 11.9 Å². The molecule has 1 amide bonds. The minimum atomic E-state index is -1.02. The van der Waals surface area contributed by atoms with Gasteiger partial charge in [0.05, 0.1) is 11.8 Å². The molecule has 1 N–H and O–H groups in total. The van der Waals surface area contributed by atoms with E-state index in [1.54, 1.807) is 0 Å². The number of carboxylic acid groups (broad SMARTS) is 1. The van der Waals surface area contributed by atoms with Crippen LogP contribution < -0.4 is 0 Å². The average Bonchev–Trinajstić information content (AvgIpc) is 2.37. The summed E-state index contributed by atoms with van der Waals surface area (Å²) in [4.78, 5) is 28.4. The van der Waals surface area contributed by atoms with Crippen LogP contribution in [0.2, 0.25) is 0 Å². The quantitative estimate of drug-likeness (QED) is 0.881. The van der Waals surface area contributed by atoms with Crippen molar-refractivity contribution in [1.82, 2.24) is 9.88 Å². The molecule has 1 fully saturated rings. The lowest BCUT2D eigenvalue weighted by atomic mass is 9.92. The lowest BCUT2D eigenvalue weighted by Gasteiger charge is -2.35. The van der Waals surface area contributed by atoms with Crippen LogP contribution in [-0.2, 0) is 4.79 Å². The standard InChI is InChI=1S/C13H15FN2O3/c1-8-2-3-16(11(4-8)13(18)19)12(17)9-5-10(14)7-15-6-9/h5-8,11H,2-4H2,1H3,(H,18,19). The number of rotatable bonds is 2. The minimum absolute atomic E-state index is 0.0841. The highest BCUT2D eigenvalue weighted by atomic mass is 19.1. The molecule has 0 spiro atoms. The number of nitrogens with zero attached hydrogens (tertiary/aromatic N) is 2. The molecule has 0 bridgehead atoms. The van der Waals surface area contributed by atoms with Crippen LogP contribution in [-0.4, -0.2) is 39.5 Å². The fraction of sp³-hybridized carbons (Fsp3) is 0.462. The lowest BCUT2D eigenvalue weighted by molar-refractivity contribution is -0.144. The zero-order chi connectivity index (χ0) is 14.0. The smallest absolute Gasteiger partial charge is 0.326 e. The summed E-state index contributed by atoms with van der Waals surface area (Å²) < 4.78 is 13.1. The molecule has 2 unspecified atom stereocenters. The van der Waals surface area contributed by atoms with Gasteiger partial charge in [0.2, 0.25) is 0 Å². The Morgan fingerprint density at radius 3 is 2.84 bits per heavy atom. The molecule has 0 radical (unpaired) electrons. The van der Waals surface area contributed by atoms with E-state index in [2.05, 4.69) is 4.98 Å². The molecule has 1 saturated heterocycles. The monoisotopic (exact) mass is 266 g/mol. The molecule has 2 heterocycles. The Hall–Kier alpha value is -1.98. The van der Waals surface area contributed by atoms with Crippen LogP contribution in [0.3, 0.4) is 0 Å². The summed E-state index contributed by atoms with van der Waals surface area (Å²) in [5.41, 5.74) is 0.0841. The van der Waals surface area contributed by atoms with Crippen molar-refractivity contribution in [3.63, 3.8) is 0 Å². The Bertz CT molecular complexity index is 506. The van der Waals surface area contributed by atoms with Gasteiger partial charge in [0.1, 0.15) is 11.9 Å². The van der Waals surface area contributed by atoms with E-state index in [1.807, 2.05) is 6.92 Å². The molecule has 2 rings (SSSR count). The van der Waals surface area contributed by atoms with Crippen LogP contribution in [0, 0.1) is 11.7 Å². The summed E-state index contributed by atoms with van der Waals surface area (Å²) in [7, 11) is 0. The molecule has 0 aromatic carbocycles. The van der Waals surface area contributed by atoms with E-state index >= 15 is 0 Å². The van der Waals surface area contributed by atoms with Crippen molar-refractivity contribution in [2.75, 3.05) is 6.54 Å². The molecular weight excluding hydrogens is 251 g/mol. The second kappa shape index (κ2) is 5.34. The SMILES string of the molecule is CC1CCN(C(=O)c2cncc(F)c2)C(C(=O)O)C1. The van der Waals surface area contributed by atoms with Crippen LogP contribution in [0.5, 0.6) is 0 Å². The Morgan fingerprint density at radius 1 is 1.47 bits per heavy atom. The largest absolute Gasteiger partial charge is 0.480 e. The number of carbonyl (C=O) groups is 2. The maximum Gasteiger partial charge on any atom is 0.326 e. The number of piperidine rings is 1. The van der Waals surface area contributed by atoms with Crippen LogP contribution in [0.1, 0.15) is 30.1 Å². The molecule has 1 aromatic heterocycles. The zero-order valence-electron chi connectivity index (χ0n) is 10.5. The molecule has 0 aliphatic carbocycles. The van der Waals surface area contributed by atoms with E-state index in [0.717, 1.165) is 18.7 Å². The zero-order valence-corrected chi connectivity index (χ0v) is 10.5. The first-order valence-electron chi connectivity index (χ1n) is 6.13. The van der Waals surface area contributed by atoms with E-state index in [0.29, 0.717) is 13.0 Å². The van der Waals surface area contributed by atoms with Gasteiger partial charge in [-0.05, 0) is 24.8 Å². The van der Waals surface area contributed by atoms with Gasteiger partial charge in [0.25, 0.3) is 5.91 Å². The fourth-order valence-corrected chi connectivity index (χ4v) is 2.31. The second-order valence-electron chi connectivity index (χ2n) is 4.87. The van der Waals surface area contributed by atoms with Gasteiger partial charge >= 0.3 is 5.97 Å². The molecule has 102 valence electrons. The van der Waals surface area contributed by atoms with Crippen LogP contribution >= 0.6 is 0 Å². The van der Waals surface area contributed by atoms with Gasteiger partial charge in [-0.25, -0.2) is 9.18 Å². The van der Waals surface area contributed by atoms with E-state index < -0.39 is 23.7 Å². The summed E-state index contributed by atoms with van der Waals surface area (Å²) in [5, 5.41) is 9.19. The highest BCUT2D eigenvalue weighted by molar-refractivity contribution is 5.96. The number of carboxylic acids is 1. The molecule has 1 aromatic rings. The maximum absolute atomic E-state index is 13.1. The van der Waals surface area contributed by atoms with Gasteiger partial charge in [-0.1, -0.05) is 6.92 Å². The van der Waals surface area contributed by atoms with Crippen molar-refractivity contribution in [3.05, 3.63) is 29.8 Å². The minimum Gasteiger partial charge on any atom is -0.480 e. The van der Waals surface area contributed by atoms with Crippen molar-refractivity contribution < 1.29 is 19.1 Å². The third kappa shape index (κ3) is 2.89. The first kappa shape index (κ1) is 13.5. The summed E-state index contributed by atoms with van der Waals surface area (Å²) in [5.74, 6) is -1.85. The van der Waals surface area contributed by atoms with Gasteiger partial charge in [0.15, 0.2) is 0 Å². The molecule has 0 saturated carbocycles. The molecule has 6 heteroatoms. The molecule has 1 aliphatic heterocycles. The van der Waals surface area contributed by atoms with E-state index in [9.17, 15) is 19.1 Å². The van der Waals surface area contributed by atoms with Crippen molar-refractivity contribution in [2.45, 2.75) is 25.8 Å². The highest BCUT2D eigenvalue weighted by Crippen LogP contribution is 2.24. The number of carbonyl (C=O) groups excluding carboxylic acids is 1. The summed E-state index contributed by atoms with van der Waals surface area (Å²) in [6, 6.07) is 0.228. The van der Waals surface area contributed by atoms with Gasteiger partial charge in [-0.2, -0.15) is 0 Å². The Labute approximate surface area is 110 Å². The number of hydrogen-bond donors (Lipinski definition) is 1. The first-order valence-corrected chi connectivity index (χ1v) is 6.13. The van der Waals surface area contributed by atoms with E-state index in [1.165, 1.54) is 11.1 Å². The fourth-order valence-electron chi connectivity index (χ4n) is 2.31. The predicted octanol–water partition coefficient (Wildman–Crippen LogP) is 1.55. The van der Waals surface area contributed by atoms with Crippen molar-refractivity contribution in [1.29, 1.82) is 0 Å². The molecule has 5 nitrogen and oxygen atoms in total. The number of pyridine rings is 1. The lowest BCUT2D eigenvalue weighted by Crippen LogP contribution is -2.49. The van der Waals surface area contributed by atoms with Crippen LogP contribution in [0.15, 0.2) is 18.5 Å². The molecular formula is C13H15FN2O3. The van der Waals surface area contributed by atoms with Gasteiger partial charge < -0.3 is 10.0 Å². The molecule has 2 atom stereocenters. The van der Waals surface area contributed by atoms with E-state index in [-0.39, 0.29) is 11.5 Å². The first-order chi connectivity index (χ1) is 8.99. The van der Waals surface area contributed by atoms with Gasteiger partial charge in [-0.3, -0.25) is 9.78 Å². The number of amides is 1. The average molecular weight is 266 g/mol. The number of likely N-dealkylation sites (tertiary alicyclic amines) is 1. The number of halogens is 1. The van der Waals surface area contributed by atoms with Gasteiger partial charge in [-0.15, -0.1) is 0 Å². The third-order valence-corrected chi connectivity index (χ3v) is 3.36. The molecule has 1 aliphatic rings. The second-order valence-corrected chi connectivity index (χ2v) is 4.87. The van der Waals surface area contributed by atoms with Crippen molar-refractivity contribution in [2.24, 2.45) is 5.92 Å². The van der Waals surface area contributed by atoms with Crippen LogP contribution in [0.4, 0.5) is 4.39 Å². The predicted molar refractivity (Wildman–Crippen MR) is 65.1 cm³/mol. The van der Waals surface area contributed by atoms with Gasteiger partial charge in [0, 0.05) is 12.7 Å². The number of aliphatic carboxylic acids is 1. The Morgan fingerprint density at radius 2 is 2.21 bits per heavy atom. The summed E-state index contributed by atoms with van der Waals surface area (Å²) in [6.07, 6.45) is 3.42. The number of hydrogen-bond acceptors (Lipinski definition) is 3. The van der Waals surface area contributed by atoms with Crippen molar-refractivity contribution in [3.8, 4) is 0 Å². The number of aromatic nitrogens is 1. The molecule has 19 heavy (non-hydrogen) atoms. The normalized spacial score (nSPS) is 23.2. The maximum atomic E-state index is 13.1. The highest BCUT2D eigenvalue weighted by Gasteiger charge is 2.35. The Kier molecular flexibility index (Phi) is 3.78. The van der Waals surface area contributed by atoms with E-state index in [4.69, 9.17) is 0 Å².